The highest BCUT2D eigenvalue weighted by Gasteiger charge is 2.18. The molecule has 0 N–H and O–H groups in total. The standard InChI is InChI=1S/C20H15N3O/c1-14-7-8-18-17(13-14)19(15-5-3-2-4-6-15)22-23(18)20(24)16-9-11-21-12-10-16/h2-13H,1H3. The third-order valence-corrected chi connectivity index (χ3v) is 4.00. The summed E-state index contributed by atoms with van der Waals surface area (Å²) < 4.78 is 1.48. The van der Waals surface area contributed by atoms with Crippen molar-refractivity contribution in [1.82, 2.24) is 14.8 Å². The van der Waals surface area contributed by atoms with Crippen molar-refractivity contribution in [2.75, 3.05) is 0 Å². The van der Waals surface area contributed by atoms with E-state index in [0.29, 0.717) is 5.56 Å². The number of nitrogens with zero attached hydrogens (tertiary/aromatic N) is 3. The number of benzene rings is 2. The van der Waals surface area contributed by atoms with Gasteiger partial charge in [-0.1, -0.05) is 42.0 Å². The molecule has 0 fully saturated rings. The third kappa shape index (κ3) is 2.38. The molecule has 0 saturated heterocycles. The van der Waals surface area contributed by atoms with Crippen molar-refractivity contribution in [2.24, 2.45) is 0 Å². The minimum atomic E-state index is -0.159. The van der Waals surface area contributed by atoms with Crippen LogP contribution >= 0.6 is 0 Å². The number of fused-ring (bicyclic) bond motifs is 1. The van der Waals surface area contributed by atoms with Crippen LogP contribution in [-0.4, -0.2) is 20.7 Å². The van der Waals surface area contributed by atoms with Crippen molar-refractivity contribution in [3.05, 3.63) is 84.2 Å². The van der Waals surface area contributed by atoms with Gasteiger partial charge >= 0.3 is 0 Å². The van der Waals surface area contributed by atoms with Crippen LogP contribution < -0.4 is 0 Å². The molecule has 0 unspecified atom stereocenters. The summed E-state index contributed by atoms with van der Waals surface area (Å²) in [6.07, 6.45) is 3.22. The summed E-state index contributed by atoms with van der Waals surface area (Å²) in [4.78, 5) is 16.8. The van der Waals surface area contributed by atoms with Crippen LogP contribution in [0, 0.1) is 6.92 Å². The third-order valence-electron chi connectivity index (χ3n) is 4.00. The van der Waals surface area contributed by atoms with Crippen molar-refractivity contribution >= 4 is 16.8 Å². The SMILES string of the molecule is Cc1ccc2c(c1)c(-c1ccccc1)nn2C(=O)c1ccncc1. The topological polar surface area (TPSA) is 47.8 Å². The number of carbonyl (C=O) groups is 1. The lowest BCUT2D eigenvalue weighted by Gasteiger charge is -2.02. The number of pyridine rings is 1. The minimum absolute atomic E-state index is 0.159. The van der Waals surface area contributed by atoms with Gasteiger partial charge in [0, 0.05) is 28.9 Å². The second-order valence-corrected chi connectivity index (χ2v) is 5.69. The average Bonchev–Trinajstić information content (AvgIpc) is 3.01. The monoisotopic (exact) mass is 313 g/mol. The van der Waals surface area contributed by atoms with E-state index in [0.717, 1.165) is 27.7 Å². The Morgan fingerprint density at radius 1 is 0.958 bits per heavy atom. The Balaban J connectivity index is 1.96. The second-order valence-electron chi connectivity index (χ2n) is 5.69. The summed E-state index contributed by atoms with van der Waals surface area (Å²) in [5, 5.41) is 5.60. The van der Waals surface area contributed by atoms with Crippen LogP contribution in [0.15, 0.2) is 73.1 Å². The van der Waals surface area contributed by atoms with E-state index in [1.165, 1.54) is 4.68 Å². The zero-order valence-corrected chi connectivity index (χ0v) is 13.2. The zero-order valence-electron chi connectivity index (χ0n) is 13.2. The van der Waals surface area contributed by atoms with Crippen molar-refractivity contribution in [2.45, 2.75) is 6.92 Å². The summed E-state index contributed by atoms with van der Waals surface area (Å²) in [7, 11) is 0. The predicted octanol–water partition coefficient (Wildman–Crippen LogP) is 4.10. The molecular weight excluding hydrogens is 298 g/mol. The van der Waals surface area contributed by atoms with Crippen LogP contribution in [0.2, 0.25) is 0 Å². The van der Waals surface area contributed by atoms with E-state index < -0.39 is 0 Å². The van der Waals surface area contributed by atoms with E-state index in [-0.39, 0.29) is 5.91 Å². The molecule has 0 amide bonds. The van der Waals surface area contributed by atoms with Crippen LogP contribution in [0.25, 0.3) is 22.2 Å². The molecule has 0 saturated carbocycles. The summed E-state index contributed by atoms with van der Waals surface area (Å²) in [5.74, 6) is -0.159. The summed E-state index contributed by atoms with van der Waals surface area (Å²) in [5.41, 5.74) is 4.32. The molecule has 0 aliphatic rings. The lowest BCUT2D eigenvalue weighted by molar-refractivity contribution is 0.0950. The maximum atomic E-state index is 12.9. The van der Waals surface area contributed by atoms with Gasteiger partial charge in [0.15, 0.2) is 0 Å². The van der Waals surface area contributed by atoms with Crippen molar-refractivity contribution in [3.8, 4) is 11.3 Å². The highest BCUT2D eigenvalue weighted by Crippen LogP contribution is 2.29. The molecular formula is C20H15N3O. The Morgan fingerprint density at radius 3 is 2.46 bits per heavy atom. The lowest BCUT2D eigenvalue weighted by atomic mass is 10.1. The van der Waals surface area contributed by atoms with Crippen LogP contribution in [0.4, 0.5) is 0 Å². The molecule has 116 valence electrons. The molecule has 4 rings (SSSR count). The Morgan fingerprint density at radius 2 is 1.71 bits per heavy atom. The largest absolute Gasteiger partial charge is 0.278 e. The van der Waals surface area contributed by atoms with Gasteiger partial charge in [0.1, 0.15) is 5.69 Å². The Kier molecular flexibility index (Phi) is 3.43. The molecule has 0 aliphatic heterocycles. The first-order valence-electron chi connectivity index (χ1n) is 7.73. The van der Waals surface area contributed by atoms with Gasteiger partial charge in [-0.3, -0.25) is 9.78 Å². The molecule has 2 heterocycles. The van der Waals surface area contributed by atoms with Crippen LogP contribution in [-0.2, 0) is 0 Å². The average molecular weight is 313 g/mol. The van der Waals surface area contributed by atoms with Gasteiger partial charge in [0.05, 0.1) is 5.52 Å². The molecule has 4 heteroatoms. The first kappa shape index (κ1) is 14.3. The fraction of sp³-hybridized carbons (Fsp3) is 0.0500. The fourth-order valence-electron chi connectivity index (χ4n) is 2.81. The smallest absolute Gasteiger partial charge is 0.267 e. The van der Waals surface area contributed by atoms with Gasteiger partial charge in [-0.2, -0.15) is 9.78 Å². The summed E-state index contributed by atoms with van der Waals surface area (Å²) in [6.45, 7) is 2.04. The Hall–Kier alpha value is -3.27. The maximum absolute atomic E-state index is 12.9. The van der Waals surface area contributed by atoms with E-state index in [9.17, 15) is 4.79 Å². The zero-order chi connectivity index (χ0) is 16.5. The van der Waals surface area contributed by atoms with Crippen LogP contribution in [0.1, 0.15) is 15.9 Å². The van der Waals surface area contributed by atoms with Crippen molar-refractivity contribution in [1.29, 1.82) is 0 Å². The van der Waals surface area contributed by atoms with E-state index >= 15 is 0 Å². The number of rotatable bonds is 2. The van der Waals surface area contributed by atoms with E-state index in [2.05, 4.69) is 16.1 Å². The van der Waals surface area contributed by atoms with Gasteiger partial charge in [-0.15, -0.1) is 0 Å². The highest BCUT2D eigenvalue weighted by atomic mass is 16.2. The first-order chi connectivity index (χ1) is 11.7. The molecule has 4 nitrogen and oxygen atoms in total. The van der Waals surface area contributed by atoms with Gasteiger partial charge in [-0.05, 0) is 31.2 Å². The fourth-order valence-corrected chi connectivity index (χ4v) is 2.81. The molecule has 0 atom stereocenters. The van der Waals surface area contributed by atoms with E-state index in [1.54, 1.807) is 24.5 Å². The Labute approximate surface area is 139 Å². The molecule has 24 heavy (non-hydrogen) atoms. The van der Waals surface area contributed by atoms with Crippen molar-refractivity contribution < 1.29 is 4.79 Å². The number of aromatic nitrogens is 3. The van der Waals surface area contributed by atoms with Gasteiger partial charge in [0.25, 0.3) is 5.91 Å². The normalized spacial score (nSPS) is 10.9. The molecule has 0 spiro atoms. The summed E-state index contributed by atoms with van der Waals surface area (Å²) in [6, 6.07) is 19.3. The lowest BCUT2D eigenvalue weighted by Crippen LogP contribution is -2.13. The number of aryl methyl sites for hydroxylation is 1. The first-order valence-corrected chi connectivity index (χ1v) is 7.73. The quantitative estimate of drug-likeness (QED) is 0.560. The molecule has 0 bridgehead atoms. The number of carbonyl (C=O) groups excluding carboxylic acids is 1. The highest BCUT2D eigenvalue weighted by molar-refractivity contribution is 6.04. The van der Waals surface area contributed by atoms with Gasteiger partial charge < -0.3 is 0 Å². The molecule has 2 aromatic heterocycles. The van der Waals surface area contributed by atoms with Crippen LogP contribution in [0.3, 0.4) is 0 Å². The van der Waals surface area contributed by atoms with Crippen LogP contribution in [0.5, 0.6) is 0 Å². The molecule has 0 aliphatic carbocycles. The van der Waals surface area contributed by atoms with E-state index in [1.807, 2.05) is 49.4 Å². The second kappa shape index (κ2) is 5.74. The van der Waals surface area contributed by atoms with Crippen molar-refractivity contribution in [3.63, 3.8) is 0 Å². The predicted molar refractivity (Wildman–Crippen MR) is 93.9 cm³/mol. The maximum Gasteiger partial charge on any atom is 0.278 e. The Bertz CT molecular complexity index is 1020. The molecule has 4 aromatic rings. The minimum Gasteiger partial charge on any atom is -0.267 e. The van der Waals surface area contributed by atoms with Gasteiger partial charge in [0.2, 0.25) is 0 Å². The summed E-state index contributed by atoms with van der Waals surface area (Å²) >= 11 is 0. The van der Waals surface area contributed by atoms with Gasteiger partial charge in [-0.25, -0.2) is 0 Å². The molecule has 0 radical (unpaired) electrons. The number of hydrogen-bond acceptors (Lipinski definition) is 3. The molecule has 2 aromatic carbocycles. The van der Waals surface area contributed by atoms with E-state index in [4.69, 9.17) is 0 Å². The number of hydrogen-bond donors (Lipinski definition) is 0.